The first-order chi connectivity index (χ1) is 8.04. The summed E-state index contributed by atoms with van der Waals surface area (Å²) in [5.74, 6) is 0. The van der Waals surface area contributed by atoms with Gasteiger partial charge in [0.05, 0.1) is 24.5 Å². The van der Waals surface area contributed by atoms with Crippen LogP contribution in [0.3, 0.4) is 0 Å². The molecule has 96 valence electrons. The molecule has 1 unspecified atom stereocenters. The molecule has 0 saturated carbocycles. The number of anilines is 1. The van der Waals surface area contributed by atoms with E-state index in [9.17, 15) is 9.90 Å². The van der Waals surface area contributed by atoms with Gasteiger partial charge in [-0.15, -0.1) is 0 Å². The van der Waals surface area contributed by atoms with Crippen molar-refractivity contribution in [3.63, 3.8) is 0 Å². The smallest absolute Gasteiger partial charge is 0.268 e. The predicted octanol–water partition coefficient (Wildman–Crippen LogP) is -0.720. The van der Waals surface area contributed by atoms with Crippen molar-refractivity contribution in [1.29, 1.82) is 0 Å². The van der Waals surface area contributed by atoms with Crippen molar-refractivity contribution in [2.45, 2.75) is 19.6 Å². The van der Waals surface area contributed by atoms with Crippen molar-refractivity contribution >= 4 is 5.69 Å². The molecule has 2 N–H and O–H groups in total. The van der Waals surface area contributed by atoms with Crippen LogP contribution in [0, 0.1) is 0 Å². The molecule has 6 heteroatoms. The van der Waals surface area contributed by atoms with Gasteiger partial charge in [0.1, 0.15) is 0 Å². The molecule has 17 heavy (non-hydrogen) atoms. The molecule has 0 aliphatic heterocycles. The van der Waals surface area contributed by atoms with E-state index in [4.69, 9.17) is 0 Å². The van der Waals surface area contributed by atoms with Crippen LogP contribution in [0.1, 0.15) is 6.92 Å². The van der Waals surface area contributed by atoms with Crippen LogP contribution in [0.4, 0.5) is 5.69 Å². The Bertz CT molecular complexity index is 403. The van der Waals surface area contributed by atoms with Crippen molar-refractivity contribution in [3.8, 4) is 0 Å². The zero-order chi connectivity index (χ0) is 12.8. The van der Waals surface area contributed by atoms with Gasteiger partial charge in [0.15, 0.2) is 0 Å². The molecule has 0 saturated heterocycles. The second kappa shape index (κ2) is 6.36. The lowest BCUT2D eigenvalue weighted by Crippen LogP contribution is -2.35. The molecule has 1 heterocycles. The highest BCUT2D eigenvalue weighted by molar-refractivity contribution is 5.40. The zero-order valence-electron chi connectivity index (χ0n) is 10.6. The molecule has 1 aromatic rings. The van der Waals surface area contributed by atoms with E-state index in [1.165, 1.54) is 10.7 Å². The molecule has 0 radical (unpaired) electrons. The monoisotopic (exact) mass is 240 g/mol. The summed E-state index contributed by atoms with van der Waals surface area (Å²) in [6, 6.07) is 1.51. The summed E-state index contributed by atoms with van der Waals surface area (Å²) in [5.41, 5.74) is 0.555. The van der Waals surface area contributed by atoms with Crippen LogP contribution in [0.25, 0.3) is 0 Å². The summed E-state index contributed by atoms with van der Waals surface area (Å²) in [6.45, 7) is 3.42. The summed E-state index contributed by atoms with van der Waals surface area (Å²) in [5, 5.41) is 16.7. The maximum absolute atomic E-state index is 11.7. The van der Waals surface area contributed by atoms with Crippen molar-refractivity contribution in [3.05, 3.63) is 22.6 Å². The molecule has 1 rings (SSSR count). The summed E-state index contributed by atoms with van der Waals surface area (Å²) in [7, 11) is 3.70. The first-order valence-corrected chi connectivity index (χ1v) is 5.68. The third kappa shape index (κ3) is 4.16. The van der Waals surface area contributed by atoms with Crippen LogP contribution in [-0.4, -0.2) is 48.2 Å². The number of likely N-dealkylation sites (N-methyl/N-ethyl adjacent to an activating group) is 1. The number of aromatic nitrogens is 2. The van der Waals surface area contributed by atoms with Crippen molar-refractivity contribution in [2.24, 2.45) is 0 Å². The fourth-order valence-corrected chi connectivity index (χ4v) is 1.38. The Morgan fingerprint density at radius 1 is 1.59 bits per heavy atom. The van der Waals surface area contributed by atoms with E-state index in [1.54, 1.807) is 6.20 Å². The quantitative estimate of drug-likeness (QED) is 0.686. The second-order valence-electron chi connectivity index (χ2n) is 4.09. The molecule has 0 aliphatic rings. The van der Waals surface area contributed by atoms with E-state index < -0.39 is 6.10 Å². The third-order valence-electron chi connectivity index (χ3n) is 2.39. The van der Waals surface area contributed by atoms with Gasteiger partial charge in [0, 0.05) is 26.7 Å². The fraction of sp³-hybridized carbons (Fsp3) is 0.636. The number of nitrogens with zero attached hydrogens (tertiary/aromatic N) is 3. The van der Waals surface area contributed by atoms with Gasteiger partial charge in [-0.25, -0.2) is 4.68 Å². The molecule has 6 nitrogen and oxygen atoms in total. The minimum absolute atomic E-state index is 0.202. The highest BCUT2D eigenvalue weighted by Gasteiger charge is 2.07. The minimum atomic E-state index is -0.606. The summed E-state index contributed by atoms with van der Waals surface area (Å²) < 4.78 is 1.27. The highest BCUT2D eigenvalue weighted by Crippen LogP contribution is 2.03. The maximum Gasteiger partial charge on any atom is 0.268 e. The molecule has 1 aromatic heterocycles. The van der Waals surface area contributed by atoms with Crippen LogP contribution in [-0.2, 0) is 6.54 Å². The first-order valence-electron chi connectivity index (χ1n) is 5.68. The molecule has 0 spiro atoms. The van der Waals surface area contributed by atoms with Gasteiger partial charge in [-0.05, 0) is 6.54 Å². The Morgan fingerprint density at radius 3 is 2.82 bits per heavy atom. The molecule has 1 atom stereocenters. The Hall–Kier alpha value is -1.40. The predicted molar refractivity (Wildman–Crippen MR) is 67.4 cm³/mol. The van der Waals surface area contributed by atoms with Crippen LogP contribution >= 0.6 is 0 Å². The molecule has 0 amide bonds. The maximum atomic E-state index is 11.7. The van der Waals surface area contributed by atoms with E-state index in [0.29, 0.717) is 6.54 Å². The summed E-state index contributed by atoms with van der Waals surface area (Å²) in [6.07, 6.45) is 1.01. The van der Waals surface area contributed by atoms with Gasteiger partial charge in [0.25, 0.3) is 5.56 Å². The van der Waals surface area contributed by atoms with Crippen molar-refractivity contribution in [1.82, 2.24) is 15.1 Å². The molecule has 0 aromatic carbocycles. The first kappa shape index (κ1) is 13.7. The van der Waals surface area contributed by atoms with E-state index >= 15 is 0 Å². The molecule has 0 bridgehead atoms. The number of aliphatic hydroxyl groups is 1. The molecule has 0 aliphatic carbocycles. The van der Waals surface area contributed by atoms with Gasteiger partial charge < -0.3 is 15.3 Å². The number of rotatable bonds is 6. The van der Waals surface area contributed by atoms with Gasteiger partial charge in [-0.2, -0.15) is 5.10 Å². The third-order valence-corrected chi connectivity index (χ3v) is 2.39. The Morgan fingerprint density at radius 2 is 2.29 bits per heavy atom. The van der Waals surface area contributed by atoms with Gasteiger partial charge >= 0.3 is 0 Å². The largest absolute Gasteiger partial charge is 0.390 e. The van der Waals surface area contributed by atoms with Crippen molar-refractivity contribution in [2.75, 3.05) is 32.1 Å². The Labute approximate surface area is 101 Å². The van der Waals surface area contributed by atoms with E-state index in [1.807, 2.05) is 25.9 Å². The Kier molecular flexibility index (Phi) is 5.11. The van der Waals surface area contributed by atoms with Crippen LogP contribution in [0.15, 0.2) is 17.1 Å². The summed E-state index contributed by atoms with van der Waals surface area (Å²) >= 11 is 0. The van der Waals surface area contributed by atoms with E-state index in [0.717, 1.165) is 12.2 Å². The lowest BCUT2D eigenvalue weighted by atomic mass is 10.3. The molecule has 0 fully saturated rings. The number of hydrogen-bond acceptors (Lipinski definition) is 5. The SMILES string of the molecule is CCNCC(O)Cn1ncc(N(C)C)cc1=O. The average Bonchev–Trinajstić information content (AvgIpc) is 2.28. The number of hydrogen-bond donors (Lipinski definition) is 2. The molecular weight excluding hydrogens is 220 g/mol. The standard InChI is InChI=1S/C11H20N4O2/c1-4-12-7-10(16)8-15-11(17)5-9(6-13-15)14(2)3/h5-6,10,12,16H,4,7-8H2,1-3H3. The minimum Gasteiger partial charge on any atom is -0.390 e. The van der Waals surface area contributed by atoms with Gasteiger partial charge in [0.2, 0.25) is 0 Å². The van der Waals surface area contributed by atoms with Gasteiger partial charge in [-0.3, -0.25) is 4.79 Å². The normalized spacial score (nSPS) is 12.5. The fourth-order valence-electron chi connectivity index (χ4n) is 1.38. The van der Waals surface area contributed by atoms with E-state index in [2.05, 4.69) is 10.4 Å². The lowest BCUT2D eigenvalue weighted by molar-refractivity contribution is 0.145. The van der Waals surface area contributed by atoms with Crippen LogP contribution in [0.2, 0.25) is 0 Å². The zero-order valence-corrected chi connectivity index (χ0v) is 10.6. The topological polar surface area (TPSA) is 70.4 Å². The summed E-state index contributed by atoms with van der Waals surface area (Å²) in [4.78, 5) is 13.5. The Balaban J connectivity index is 2.69. The van der Waals surface area contributed by atoms with Crippen LogP contribution < -0.4 is 15.8 Å². The number of nitrogens with one attached hydrogen (secondary N) is 1. The molecular formula is C11H20N4O2. The number of aliphatic hydroxyl groups excluding tert-OH is 1. The van der Waals surface area contributed by atoms with E-state index in [-0.39, 0.29) is 12.1 Å². The average molecular weight is 240 g/mol. The van der Waals surface area contributed by atoms with Gasteiger partial charge in [-0.1, -0.05) is 6.92 Å². The van der Waals surface area contributed by atoms with Crippen molar-refractivity contribution < 1.29 is 5.11 Å². The van der Waals surface area contributed by atoms with Crippen LogP contribution in [0.5, 0.6) is 0 Å². The highest BCUT2D eigenvalue weighted by atomic mass is 16.3. The second-order valence-corrected chi connectivity index (χ2v) is 4.09. The lowest BCUT2D eigenvalue weighted by Gasteiger charge is -2.14.